The molecule has 0 aliphatic carbocycles. The van der Waals surface area contributed by atoms with Crippen LogP contribution in [-0.2, 0) is 9.53 Å². The summed E-state index contributed by atoms with van der Waals surface area (Å²) < 4.78 is 10.8. The summed E-state index contributed by atoms with van der Waals surface area (Å²) in [5, 5.41) is 2.90. The minimum atomic E-state index is -0.233. The number of nitrogens with one attached hydrogen (secondary N) is 1. The van der Waals surface area contributed by atoms with Gasteiger partial charge < -0.3 is 42.6 Å². The number of ether oxygens (including phenoxy) is 2. The Hall–Kier alpha value is -5.90. The van der Waals surface area contributed by atoms with Crippen molar-refractivity contribution in [1.29, 1.82) is 0 Å². The molecule has 0 atom stereocenters. The van der Waals surface area contributed by atoms with Gasteiger partial charge in [-0.15, -0.1) is 0 Å². The van der Waals surface area contributed by atoms with E-state index < -0.39 is 0 Å². The van der Waals surface area contributed by atoms with Crippen molar-refractivity contribution < 1.29 is 19.1 Å². The first-order chi connectivity index (χ1) is 25.1. The molecule has 52 heavy (non-hydrogen) atoms. The van der Waals surface area contributed by atoms with Gasteiger partial charge in [0, 0.05) is 70.3 Å². The number of anilines is 6. The number of carbonyl (C=O) groups excluding carboxylic acids is 2. The number of esters is 1. The molecule has 0 spiro atoms. The minimum absolute atomic E-state index is 0.151. The van der Waals surface area contributed by atoms with Gasteiger partial charge in [0.05, 0.1) is 13.2 Å². The Morgan fingerprint density at radius 1 is 0.673 bits per heavy atom. The number of nitrogens with zero attached hydrogens (tertiary/aromatic N) is 1. The third kappa shape index (κ3) is 14.9. The summed E-state index contributed by atoms with van der Waals surface area (Å²) in [6.07, 6.45) is 7.49. The molecule has 0 saturated heterocycles. The number of benzene rings is 4. The smallest absolute Gasteiger partial charge is 0.305 e. The van der Waals surface area contributed by atoms with Crippen LogP contribution in [0.2, 0.25) is 0 Å². The van der Waals surface area contributed by atoms with Crippen molar-refractivity contribution in [2.24, 2.45) is 0 Å². The van der Waals surface area contributed by atoms with Crippen molar-refractivity contribution in [1.82, 2.24) is 0 Å². The highest BCUT2D eigenvalue weighted by Gasteiger charge is 2.12. The molecule has 10 heteroatoms. The highest BCUT2D eigenvalue weighted by molar-refractivity contribution is 6.06. The summed E-state index contributed by atoms with van der Waals surface area (Å²) in [6, 6.07) is 25.6. The number of carbonyl (C=O) groups is 2. The van der Waals surface area contributed by atoms with Gasteiger partial charge in [-0.3, -0.25) is 9.59 Å². The molecule has 0 radical (unpaired) electrons. The molecule has 0 heterocycles. The molecule has 0 aliphatic rings. The van der Waals surface area contributed by atoms with Crippen molar-refractivity contribution in [2.45, 2.75) is 52.9 Å². The first kappa shape index (κ1) is 42.3. The van der Waals surface area contributed by atoms with E-state index >= 15 is 0 Å². The average molecular weight is 709 g/mol. The number of hydrogen-bond donors (Lipinski definition) is 5. The van der Waals surface area contributed by atoms with Gasteiger partial charge >= 0.3 is 5.97 Å². The van der Waals surface area contributed by atoms with Crippen LogP contribution in [0.3, 0.4) is 0 Å². The van der Waals surface area contributed by atoms with E-state index in [1.807, 2.05) is 12.1 Å². The fourth-order valence-electron chi connectivity index (χ4n) is 4.91. The molecule has 0 aromatic heterocycles. The molecular weight excluding hydrogens is 652 g/mol. The Labute approximate surface area is 309 Å². The van der Waals surface area contributed by atoms with E-state index in [1.165, 1.54) is 5.69 Å². The maximum Gasteiger partial charge on any atom is 0.305 e. The van der Waals surface area contributed by atoms with Crippen molar-refractivity contribution in [2.75, 3.05) is 59.5 Å². The van der Waals surface area contributed by atoms with Crippen LogP contribution in [-0.4, -0.2) is 38.2 Å². The number of unbranched alkanes of at least 4 members (excludes halogenated alkanes) is 3. The van der Waals surface area contributed by atoms with Gasteiger partial charge in [0.15, 0.2) is 0 Å². The first-order valence-electron chi connectivity index (χ1n) is 17.6. The Morgan fingerprint density at radius 2 is 1.19 bits per heavy atom. The second-order valence-electron chi connectivity index (χ2n) is 11.7. The SMILES string of the molecule is C=Cc1c(N)ccc(NC(=O)c2ccc(OCCCCCCOC(=O)CC)cc2)c1C=C.CCN(CC)c1ccc(N)cc1.Nc1ccc(N)cc1. The van der Waals surface area contributed by atoms with Crippen LogP contribution >= 0.6 is 0 Å². The average Bonchev–Trinajstić information content (AvgIpc) is 3.16. The Morgan fingerprint density at radius 3 is 1.69 bits per heavy atom. The van der Waals surface area contributed by atoms with Crippen LogP contribution in [0.15, 0.2) is 98.1 Å². The highest BCUT2D eigenvalue weighted by Crippen LogP contribution is 2.28. The van der Waals surface area contributed by atoms with Crippen molar-refractivity contribution in [3.63, 3.8) is 0 Å². The van der Waals surface area contributed by atoms with Crippen LogP contribution in [0.4, 0.5) is 34.1 Å². The molecule has 9 N–H and O–H groups in total. The zero-order chi connectivity index (χ0) is 38.3. The fraction of sp³-hybridized carbons (Fsp3) is 0.286. The van der Waals surface area contributed by atoms with Gasteiger partial charge in [-0.25, -0.2) is 0 Å². The standard InChI is InChI=1S/C26H32N2O4.C10H16N2.C6H8N2/c1-4-21-22(5-2)24(16-15-23(21)27)28-26(30)19-11-13-20(14-12-19)31-17-9-7-8-10-18-32-25(29)6-3;1-3-12(4-2)10-7-5-9(11)6-8-10;7-5-1-2-6(8)4-3-5/h4-5,11-16H,1-2,6-10,17-18,27H2,3H3,(H,28,30);5-8H,3-4,11H2,1-2H3;1-4H,7-8H2. The van der Waals surface area contributed by atoms with Gasteiger partial charge in [-0.2, -0.15) is 0 Å². The van der Waals surface area contributed by atoms with E-state index in [-0.39, 0.29) is 11.9 Å². The van der Waals surface area contributed by atoms with Gasteiger partial charge in [-0.1, -0.05) is 32.2 Å². The summed E-state index contributed by atoms with van der Waals surface area (Å²) in [5.41, 5.74) is 29.1. The van der Waals surface area contributed by atoms with Crippen LogP contribution in [0, 0.1) is 0 Å². The van der Waals surface area contributed by atoms with E-state index in [1.54, 1.807) is 79.7 Å². The van der Waals surface area contributed by atoms with Gasteiger partial charge in [-0.05, 0) is 124 Å². The van der Waals surface area contributed by atoms with Gasteiger partial charge in [0.2, 0.25) is 0 Å². The van der Waals surface area contributed by atoms with E-state index in [0.717, 1.165) is 67.0 Å². The molecular formula is C42H56N6O4. The molecule has 4 aromatic carbocycles. The Bertz CT molecular complexity index is 1650. The van der Waals surface area contributed by atoms with E-state index in [0.29, 0.717) is 42.3 Å². The van der Waals surface area contributed by atoms with Gasteiger partial charge in [0.25, 0.3) is 5.91 Å². The zero-order valence-corrected chi connectivity index (χ0v) is 30.9. The molecule has 278 valence electrons. The third-order valence-electron chi connectivity index (χ3n) is 7.91. The van der Waals surface area contributed by atoms with Crippen molar-refractivity contribution >= 4 is 58.2 Å². The molecule has 0 unspecified atom stereocenters. The van der Waals surface area contributed by atoms with Crippen LogP contribution < -0.4 is 37.9 Å². The minimum Gasteiger partial charge on any atom is -0.494 e. The lowest BCUT2D eigenvalue weighted by Gasteiger charge is -2.20. The lowest BCUT2D eigenvalue weighted by atomic mass is 10.0. The third-order valence-corrected chi connectivity index (χ3v) is 7.91. The number of hydrogen-bond acceptors (Lipinski definition) is 9. The van der Waals surface area contributed by atoms with Gasteiger partial charge in [0.1, 0.15) is 5.75 Å². The molecule has 0 saturated carbocycles. The maximum absolute atomic E-state index is 12.7. The lowest BCUT2D eigenvalue weighted by Crippen LogP contribution is -2.21. The van der Waals surface area contributed by atoms with E-state index in [2.05, 4.69) is 49.4 Å². The fourth-order valence-corrected chi connectivity index (χ4v) is 4.91. The lowest BCUT2D eigenvalue weighted by molar-refractivity contribution is -0.143. The van der Waals surface area contributed by atoms with Crippen molar-refractivity contribution in [3.05, 3.63) is 115 Å². The van der Waals surface area contributed by atoms with Crippen LogP contribution in [0.5, 0.6) is 5.75 Å². The number of nitrogens with two attached hydrogens (primary N) is 4. The number of rotatable bonds is 16. The maximum atomic E-state index is 12.7. The molecule has 10 nitrogen and oxygen atoms in total. The normalized spacial score (nSPS) is 9.98. The zero-order valence-electron chi connectivity index (χ0n) is 30.9. The molecule has 0 aliphatic heterocycles. The molecule has 0 bridgehead atoms. The van der Waals surface area contributed by atoms with Crippen LogP contribution in [0.25, 0.3) is 12.2 Å². The quantitative estimate of drug-likeness (QED) is 0.0434. The summed E-state index contributed by atoms with van der Waals surface area (Å²) in [5.74, 6) is 0.330. The summed E-state index contributed by atoms with van der Waals surface area (Å²) in [4.78, 5) is 26.0. The second kappa shape index (κ2) is 23.5. The predicted molar refractivity (Wildman–Crippen MR) is 220 cm³/mol. The van der Waals surface area contributed by atoms with E-state index in [9.17, 15) is 9.59 Å². The monoisotopic (exact) mass is 708 g/mol. The topological polar surface area (TPSA) is 172 Å². The van der Waals surface area contributed by atoms with Crippen LogP contribution in [0.1, 0.15) is 74.4 Å². The molecule has 1 amide bonds. The summed E-state index contributed by atoms with van der Waals surface area (Å²) >= 11 is 0. The Balaban J connectivity index is 0.000000377. The highest BCUT2D eigenvalue weighted by atomic mass is 16.5. The molecule has 4 rings (SSSR count). The number of nitrogen functional groups attached to an aromatic ring is 4. The number of amides is 1. The largest absolute Gasteiger partial charge is 0.494 e. The Kier molecular flexibility index (Phi) is 19.1. The first-order valence-corrected chi connectivity index (χ1v) is 17.6. The second-order valence-corrected chi connectivity index (χ2v) is 11.7. The van der Waals surface area contributed by atoms with Crippen molar-refractivity contribution in [3.8, 4) is 5.75 Å². The predicted octanol–water partition coefficient (Wildman–Crippen LogP) is 8.67. The summed E-state index contributed by atoms with van der Waals surface area (Å²) in [6.45, 7) is 16.8. The van der Waals surface area contributed by atoms with E-state index in [4.69, 9.17) is 32.4 Å². The molecule has 4 aromatic rings. The molecule has 0 fully saturated rings. The summed E-state index contributed by atoms with van der Waals surface area (Å²) in [7, 11) is 0.